The molecule has 4 nitrogen and oxygen atoms in total. The van der Waals surface area contributed by atoms with Gasteiger partial charge in [-0.25, -0.2) is 4.39 Å². The zero-order chi connectivity index (χ0) is 18.2. The number of ether oxygens (including phenoxy) is 1. The van der Waals surface area contributed by atoms with E-state index in [2.05, 4.69) is 5.32 Å². The Morgan fingerprint density at radius 1 is 1.08 bits per heavy atom. The van der Waals surface area contributed by atoms with Crippen LogP contribution < -0.4 is 10.1 Å². The summed E-state index contributed by atoms with van der Waals surface area (Å²) in [5.74, 6) is -0.127. The Hall–Kier alpha value is -2.69. The number of hydrogen-bond acceptors (Lipinski definition) is 3. The average Bonchev–Trinajstić information content (AvgIpc) is 2.61. The Morgan fingerprint density at radius 3 is 2.48 bits per heavy atom. The van der Waals surface area contributed by atoms with Gasteiger partial charge in [0.25, 0.3) is 0 Å². The first-order valence-corrected chi connectivity index (χ1v) is 8.31. The molecule has 0 aliphatic carbocycles. The number of anilines is 1. The number of halogens is 1. The van der Waals surface area contributed by atoms with Gasteiger partial charge in [-0.2, -0.15) is 0 Å². The minimum absolute atomic E-state index is 0.0445. The highest BCUT2D eigenvalue weighted by atomic mass is 19.1. The van der Waals surface area contributed by atoms with Crippen LogP contribution in [0.15, 0.2) is 42.5 Å². The van der Waals surface area contributed by atoms with Gasteiger partial charge in [0, 0.05) is 24.1 Å². The van der Waals surface area contributed by atoms with Gasteiger partial charge in [0.05, 0.1) is 6.61 Å². The number of Topliss-reactive ketones (excluding diaryl/α,β-unsaturated/α-hetero) is 1. The van der Waals surface area contributed by atoms with E-state index >= 15 is 0 Å². The molecular weight excluding hydrogens is 321 g/mol. The molecule has 5 heteroatoms. The molecule has 0 saturated heterocycles. The van der Waals surface area contributed by atoms with Crippen LogP contribution in [0, 0.1) is 12.7 Å². The first-order chi connectivity index (χ1) is 12.0. The quantitative estimate of drug-likeness (QED) is 0.717. The summed E-state index contributed by atoms with van der Waals surface area (Å²) < 4.78 is 18.7. The van der Waals surface area contributed by atoms with Crippen LogP contribution in [0.5, 0.6) is 5.75 Å². The molecule has 0 unspecified atom stereocenters. The third-order valence-electron chi connectivity index (χ3n) is 3.70. The van der Waals surface area contributed by atoms with Gasteiger partial charge >= 0.3 is 0 Å². The molecule has 0 bridgehead atoms. The molecule has 0 atom stereocenters. The van der Waals surface area contributed by atoms with Crippen LogP contribution in [0.25, 0.3) is 0 Å². The number of hydrogen-bond donors (Lipinski definition) is 1. The molecule has 0 fully saturated rings. The van der Waals surface area contributed by atoms with E-state index in [1.165, 1.54) is 12.1 Å². The highest BCUT2D eigenvalue weighted by Crippen LogP contribution is 2.17. The Balaban J connectivity index is 1.86. The van der Waals surface area contributed by atoms with E-state index in [1.807, 2.05) is 6.92 Å². The number of benzene rings is 2. The highest BCUT2D eigenvalue weighted by molar-refractivity contribution is 6.00. The van der Waals surface area contributed by atoms with Crippen molar-refractivity contribution in [1.82, 2.24) is 0 Å². The zero-order valence-electron chi connectivity index (χ0n) is 14.5. The van der Waals surface area contributed by atoms with E-state index in [0.29, 0.717) is 17.9 Å². The third-order valence-corrected chi connectivity index (χ3v) is 3.70. The molecule has 0 heterocycles. The van der Waals surface area contributed by atoms with Crippen LogP contribution in [-0.2, 0) is 4.79 Å². The average molecular weight is 343 g/mol. The number of ketones is 1. The summed E-state index contributed by atoms with van der Waals surface area (Å²) in [5, 5.41) is 2.64. The van der Waals surface area contributed by atoms with Gasteiger partial charge in [-0.15, -0.1) is 0 Å². The molecule has 2 rings (SSSR count). The van der Waals surface area contributed by atoms with Crippen molar-refractivity contribution in [1.29, 1.82) is 0 Å². The second-order valence-electron chi connectivity index (χ2n) is 5.80. The Bertz CT molecular complexity index is 741. The van der Waals surface area contributed by atoms with Crippen LogP contribution in [0.3, 0.4) is 0 Å². The lowest BCUT2D eigenvalue weighted by atomic mass is 10.1. The van der Waals surface area contributed by atoms with Crippen LogP contribution in [-0.4, -0.2) is 18.3 Å². The molecule has 0 saturated carbocycles. The molecule has 1 N–H and O–H groups in total. The number of carbonyl (C=O) groups is 2. The summed E-state index contributed by atoms with van der Waals surface area (Å²) >= 11 is 0. The maximum Gasteiger partial charge on any atom is 0.224 e. The van der Waals surface area contributed by atoms with Crippen molar-refractivity contribution < 1.29 is 18.7 Å². The van der Waals surface area contributed by atoms with Crippen molar-refractivity contribution in [3.8, 4) is 5.75 Å². The Kier molecular flexibility index (Phi) is 6.69. The molecule has 132 valence electrons. The molecule has 1 amide bonds. The molecule has 0 aliphatic rings. The Morgan fingerprint density at radius 2 is 1.80 bits per heavy atom. The minimum Gasteiger partial charge on any atom is -0.494 e. The molecule has 0 spiro atoms. The van der Waals surface area contributed by atoms with Crippen LogP contribution in [0.4, 0.5) is 10.1 Å². The molecule has 0 aliphatic heterocycles. The van der Waals surface area contributed by atoms with Crippen LogP contribution in [0.1, 0.15) is 42.1 Å². The predicted octanol–water partition coefficient (Wildman–Crippen LogP) is 4.52. The van der Waals surface area contributed by atoms with Crippen LogP contribution in [0.2, 0.25) is 0 Å². The summed E-state index contributed by atoms with van der Waals surface area (Å²) in [4.78, 5) is 24.1. The van der Waals surface area contributed by atoms with Gasteiger partial charge in [0.15, 0.2) is 5.78 Å². The van der Waals surface area contributed by atoms with Crippen molar-refractivity contribution in [3.63, 3.8) is 0 Å². The number of nitrogens with one attached hydrogen (secondary N) is 1. The zero-order valence-corrected chi connectivity index (χ0v) is 14.5. The molecule has 0 radical (unpaired) electrons. The SMILES string of the molecule is CCCOc1ccc(C(=O)CCC(=O)Nc2cc(F)ccc2C)cc1. The minimum atomic E-state index is -0.414. The van der Waals surface area contributed by atoms with Gasteiger partial charge in [-0.05, 0) is 55.3 Å². The number of carbonyl (C=O) groups excluding carboxylic acids is 2. The number of rotatable bonds is 8. The van der Waals surface area contributed by atoms with Gasteiger partial charge in [-0.1, -0.05) is 13.0 Å². The summed E-state index contributed by atoms with van der Waals surface area (Å²) in [7, 11) is 0. The van der Waals surface area contributed by atoms with E-state index in [4.69, 9.17) is 4.74 Å². The van der Waals surface area contributed by atoms with E-state index in [0.717, 1.165) is 17.7 Å². The van der Waals surface area contributed by atoms with Crippen molar-refractivity contribution in [2.75, 3.05) is 11.9 Å². The number of aryl methyl sites for hydroxylation is 1. The molecule has 2 aromatic rings. The monoisotopic (exact) mass is 343 g/mol. The number of amides is 1. The van der Waals surface area contributed by atoms with E-state index in [-0.39, 0.29) is 24.5 Å². The maximum atomic E-state index is 13.2. The smallest absolute Gasteiger partial charge is 0.224 e. The highest BCUT2D eigenvalue weighted by Gasteiger charge is 2.11. The summed E-state index contributed by atoms with van der Waals surface area (Å²) in [6.45, 7) is 4.43. The van der Waals surface area contributed by atoms with Crippen LogP contribution >= 0.6 is 0 Å². The third kappa shape index (κ3) is 5.71. The summed E-state index contributed by atoms with van der Waals surface area (Å²) in [5.41, 5.74) is 1.73. The largest absolute Gasteiger partial charge is 0.494 e. The van der Waals surface area contributed by atoms with Crippen molar-refractivity contribution in [3.05, 3.63) is 59.4 Å². The van der Waals surface area contributed by atoms with Crippen molar-refractivity contribution in [2.45, 2.75) is 33.1 Å². The lowest BCUT2D eigenvalue weighted by Gasteiger charge is -2.08. The fourth-order valence-electron chi connectivity index (χ4n) is 2.27. The second-order valence-corrected chi connectivity index (χ2v) is 5.80. The van der Waals surface area contributed by atoms with E-state index in [1.54, 1.807) is 37.3 Å². The van der Waals surface area contributed by atoms with Gasteiger partial charge in [0.1, 0.15) is 11.6 Å². The topological polar surface area (TPSA) is 55.4 Å². The lowest BCUT2D eigenvalue weighted by molar-refractivity contribution is -0.116. The fraction of sp³-hybridized carbons (Fsp3) is 0.300. The first kappa shape index (κ1) is 18.6. The van der Waals surface area contributed by atoms with Crippen molar-refractivity contribution >= 4 is 17.4 Å². The molecular formula is C20H22FNO3. The van der Waals surface area contributed by atoms with E-state index in [9.17, 15) is 14.0 Å². The summed E-state index contributed by atoms with van der Waals surface area (Å²) in [6, 6.07) is 11.1. The fourth-order valence-corrected chi connectivity index (χ4v) is 2.27. The normalized spacial score (nSPS) is 10.4. The second kappa shape index (κ2) is 8.97. The Labute approximate surface area is 147 Å². The van der Waals surface area contributed by atoms with Gasteiger partial charge < -0.3 is 10.1 Å². The van der Waals surface area contributed by atoms with Crippen molar-refractivity contribution in [2.24, 2.45) is 0 Å². The van der Waals surface area contributed by atoms with Gasteiger partial charge in [0.2, 0.25) is 5.91 Å². The van der Waals surface area contributed by atoms with Gasteiger partial charge in [-0.3, -0.25) is 9.59 Å². The molecule has 0 aromatic heterocycles. The lowest BCUT2D eigenvalue weighted by Crippen LogP contribution is -2.14. The standard InChI is InChI=1S/C20H22FNO3/c1-3-12-25-17-8-5-15(6-9-17)19(23)10-11-20(24)22-18-13-16(21)7-4-14(18)2/h4-9,13H,3,10-12H2,1-2H3,(H,22,24). The maximum absolute atomic E-state index is 13.2. The summed E-state index contributed by atoms with van der Waals surface area (Å²) in [6.07, 6.45) is 1.05. The van der Waals surface area contributed by atoms with E-state index < -0.39 is 5.82 Å². The molecule has 25 heavy (non-hydrogen) atoms. The predicted molar refractivity (Wildman–Crippen MR) is 95.6 cm³/mol. The first-order valence-electron chi connectivity index (χ1n) is 8.31. The molecule has 2 aromatic carbocycles.